The van der Waals surface area contributed by atoms with Crippen LogP contribution in [-0.2, 0) is 4.79 Å². The van der Waals surface area contributed by atoms with E-state index in [4.69, 9.17) is 5.26 Å². The molecule has 4 nitrogen and oxygen atoms in total. The van der Waals surface area contributed by atoms with Crippen LogP contribution in [0.3, 0.4) is 0 Å². The van der Waals surface area contributed by atoms with Gasteiger partial charge in [0.05, 0.1) is 11.6 Å². The molecule has 0 N–H and O–H groups in total. The second-order valence-corrected chi connectivity index (χ2v) is 4.98. The first-order valence-corrected chi connectivity index (χ1v) is 6.32. The first-order valence-electron chi connectivity index (χ1n) is 6.32. The summed E-state index contributed by atoms with van der Waals surface area (Å²) < 4.78 is 28.1. The van der Waals surface area contributed by atoms with Crippen LogP contribution in [0, 0.1) is 23.0 Å². The number of amides is 1. The third-order valence-electron chi connectivity index (χ3n) is 3.41. The fourth-order valence-corrected chi connectivity index (χ4v) is 2.49. The van der Waals surface area contributed by atoms with Gasteiger partial charge in [-0.2, -0.15) is 5.26 Å². The van der Waals surface area contributed by atoms with Gasteiger partial charge in [0.15, 0.2) is 11.6 Å². The van der Waals surface area contributed by atoms with Crippen LogP contribution in [0.15, 0.2) is 12.1 Å². The maximum absolute atomic E-state index is 14.0. The summed E-state index contributed by atoms with van der Waals surface area (Å²) in [6, 6.07) is 3.14. The highest BCUT2D eigenvalue weighted by Gasteiger charge is 2.34. The number of anilines is 1. The van der Waals surface area contributed by atoms with Crippen LogP contribution in [-0.4, -0.2) is 37.5 Å². The number of carbonyl (C=O) groups excluding carboxylic acids is 1. The van der Waals surface area contributed by atoms with Crippen LogP contribution < -0.4 is 4.90 Å². The molecule has 2 rings (SSSR count). The molecule has 1 unspecified atom stereocenters. The largest absolute Gasteiger partial charge is 0.355 e. The molecule has 1 atom stereocenters. The van der Waals surface area contributed by atoms with Gasteiger partial charge in [0.2, 0.25) is 5.91 Å². The van der Waals surface area contributed by atoms with E-state index in [1.807, 2.05) is 0 Å². The molecule has 1 aliphatic heterocycles. The van der Waals surface area contributed by atoms with Crippen LogP contribution in [0.1, 0.15) is 18.4 Å². The molecule has 1 heterocycles. The quantitative estimate of drug-likeness (QED) is 0.830. The minimum atomic E-state index is -0.806. The van der Waals surface area contributed by atoms with Gasteiger partial charge >= 0.3 is 0 Å². The highest BCUT2D eigenvalue weighted by molar-refractivity contribution is 5.85. The number of hydrogen-bond donors (Lipinski definition) is 0. The second-order valence-electron chi connectivity index (χ2n) is 4.98. The van der Waals surface area contributed by atoms with Crippen molar-refractivity contribution in [2.45, 2.75) is 18.9 Å². The molecular formula is C14H15F2N3O. The zero-order valence-electron chi connectivity index (χ0n) is 11.4. The summed E-state index contributed by atoms with van der Waals surface area (Å²) in [7, 11) is 3.23. The highest BCUT2D eigenvalue weighted by atomic mass is 19.1. The average molecular weight is 279 g/mol. The molecule has 106 valence electrons. The van der Waals surface area contributed by atoms with Gasteiger partial charge in [0, 0.05) is 20.6 Å². The van der Waals surface area contributed by atoms with Crippen molar-refractivity contribution in [3.63, 3.8) is 0 Å². The summed E-state index contributed by atoms with van der Waals surface area (Å²) in [5, 5.41) is 8.70. The summed E-state index contributed by atoms with van der Waals surface area (Å²) in [6.45, 7) is 0.421. The number of nitrogens with zero attached hydrogens (tertiary/aromatic N) is 3. The Balaban J connectivity index is 2.41. The lowest BCUT2D eigenvalue weighted by molar-refractivity contribution is -0.129. The topological polar surface area (TPSA) is 47.3 Å². The molecule has 1 aromatic rings. The van der Waals surface area contributed by atoms with Crippen molar-refractivity contribution >= 4 is 11.6 Å². The molecule has 0 aromatic heterocycles. The smallest absolute Gasteiger partial charge is 0.244 e. The van der Waals surface area contributed by atoms with E-state index in [0.717, 1.165) is 12.1 Å². The number of likely N-dealkylation sites (N-methyl/N-ethyl adjacent to an activating group) is 1. The van der Waals surface area contributed by atoms with E-state index >= 15 is 0 Å². The third-order valence-corrected chi connectivity index (χ3v) is 3.41. The molecule has 0 aliphatic carbocycles. The van der Waals surface area contributed by atoms with Gasteiger partial charge in [-0.15, -0.1) is 0 Å². The molecule has 1 aromatic carbocycles. The van der Waals surface area contributed by atoms with Gasteiger partial charge < -0.3 is 9.80 Å². The summed E-state index contributed by atoms with van der Waals surface area (Å²) in [5.74, 6) is -1.79. The van der Waals surface area contributed by atoms with E-state index in [9.17, 15) is 13.6 Å². The van der Waals surface area contributed by atoms with Crippen molar-refractivity contribution in [1.82, 2.24) is 4.90 Å². The Morgan fingerprint density at radius 3 is 2.50 bits per heavy atom. The van der Waals surface area contributed by atoms with Crippen LogP contribution in [0.5, 0.6) is 0 Å². The van der Waals surface area contributed by atoms with Crippen molar-refractivity contribution in [1.29, 1.82) is 5.26 Å². The standard InChI is InChI=1S/C14H15F2N3O/c1-18(2)14(20)12-4-3-5-19(12)13-10(15)6-9(8-17)7-11(13)16/h6-7,12H,3-5H2,1-2H3. The van der Waals surface area contributed by atoms with E-state index in [1.165, 1.54) is 9.80 Å². The summed E-state index contributed by atoms with van der Waals surface area (Å²) in [5.41, 5.74) is -0.292. The number of halogens is 2. The first kappa shape index (κ1) is 14.3. The Hall–Kier alpha value is -2.16. The SMILES string of the molecule is CN(C)C(=O)C1CCCN1c1c(F)cc(C#N)cc1F. The molecule has 0 radical (unpaired) electrons. The van der Waals surface area contributed by atoms with Gasteiger partial charge in [0.25, 0.3) is 0 Å². The normalized spacial score (nSPS) is 17.9. The maximum Gasteiger partial charge on any atom is 0.244 e. The zero-order chi connectivity index (χ0) is 14.9. The Labute approximate surface area is 116 Å². The molecule has 20 heavy (non-hydrogen) atoms. The molecular weight excluding hydrogens is 264 g/mol. The van der Waals surface area contributed by atoms with Gasteiger partial charge in [-0.25, -0.2) is 8.78 Å². The minimum absolute atomic E-state index is 0.0709. The lowest BCUT2D eigenvalue weighted by Gasteiger charge is -2.28. The van der Waals surface area contributed by atoms with Gasteiger partial charge in [-0.05, 0) is 25.0 Å². The van der Waals surface area contributed by atoms with Gasteiger partial charge in [0.1, 0.15) is 11.7 Å². The Morgan fingerprint density at radius 1 is 1.40 bits per heavy atom. The van der Waals surface area contributed by atoms with Crippen molar-refractivity contribution in [2.75, 3.05) is 25.5 Å². The monoisotopic (exact) mass is 279 g/mol. The summed E-state index contributed by atoms with van der Waals surface area (Å²) >= 11 is 0. The summed E-state index contributed by atoms with van der Waals surface area (Å²) in [4.78, 5) is 14.9. The van der Waals surface area contributed by atoms with Crippen molar-refractivity contribution in [2.24, 2.45) is 0 Å². The van der Waals surface area contributed by atoms with E-state index in [2.05, 4.69) is 0 Å². The Kier molecular flexibility index (Phi) is 3.89. The minimum Gasteiger partial charge on any atom is -0.355 e. The molecule has 0 spiro atoms. The average Bonchev–Trinajstić information content (AvgIpc) is 2.85. The number of carbonyl (C=O) groups is 1. The predicted molar refractivity (Wildman–Crippen MR) is 70.1 cm³/mol. The molecule has 0 bridgehead atoms. The van der Waals surface area contributed by atoms with E-state index in [1.54, 1.807) is 20.2 Å². The number of rotatable bonds is 2. The number of nitriles is 1. The molecule has 1 aliphatic rings. The van der Waals surface area contributed by atoms with Gasteiger partial charge in [-0.3, -0.25) is 4.79 Å². The van der Waals surface area contributed by atoms with Gasteiger partial charge in [-0.1, -0.05) is 0 Å². The number of benzene rings is 1. The van der Waals surface area contributed by atoms with Crippen LogP contribution in [0.2, 0.25) is 0 Å². The second kappa shape index (κ2) is 5.45. The van der Waals surface area contributed by atoms with Crippen LogP contribution in [0.25, 0.3) is 0 Å². The Bertz CT molecular complexity index is 557. The molecule has 1 amide bonds. The molecule has 1 fully saturated rings. The third kappa shape index (κ3) is 2.44. The molecule has 6 heteroatoms. The lowest BCUT2D eigenvalue weighted by Crippen LogP contribution is -2.43. The van der Waals surface area contributed by atoms with Crippen LogP contribution >= 0.6 is 0 Å². The van der Waals surface area contributed by atoms with Crippen LogP contribution in [0.4, 0.5) is 14.5 Å². The summed E-state index contributed by atoms with van der Waals surface area (Å²) in [6.07, 6.45) is 1.26. The fourth-order valence-electron chi connectivity index (χ4n) is 2.49. The van der Waals surface area contributed by atoms with E-state index in [-0.39, 0.29) is 17.2 Å². The van der Waals surface area contributed by atoms with Crippen molar-refractivity contribution in [3.8, 4) is 6.07 Å². The Morgan fingerprint density at radius 2 is 2.00 bits per heavy atom. The lowest BCUT2D eigenvalue weighted by atomic mass is 10.1. The van der Waals surface area contributed by atoms with E-state index < -0.39 is 17.7 Å². The molecule has 1 saturated heterocycles. The first-order chi connectivity index (χ1) is 9.45. The fraction of sp³-hybridized carbons (Fsp3) is 0.429. The molecule has 0 saturated carbocycles. The number of hydrogen-bond acceptors (Lipinski definition) is 3. The van der Waals surface area contributed by atoms with E-state index in [0.29, 0.717) is 19.4 Å². The van der Waals surface area contributed by atoms with Crippen molar-refractivity contribution in [3.05, 3.63) is 29.3 Å². The highest BCUT2D eigenvalue weighted by Crippen LogP contribution is 2.31. The predicted octanol–water partition coefficient (Wildman–Crippen LogP) is 1.89. The van der Waals surface area contributed by atoms with Crippen molar-refractivity contribution < 1.29 is 13.6 Å². The maximum atomic E-state index is 14.0. The zero-order valence-corrected chi connectivity index (χ0v) is 11.4.